The van der Waals surface area contributed by atoms with Crippen LogP contribution in [0.3, 0.4) is 0 Å². The lowest BCUT2D eigenvalue weighted by molar-refractivity contribution is -0.126. The first-order valence-corrected chi connectivity index (χ1v) is 9.07. The first-order chi connectivity index (χ1) is 12.6. The van der Waals surface area contributed by atoms with Gasteiger partial charge in [0.05, 0.1) is 7.11 Å². The van der Waals surface area contributed by atoms with Gasteiger partial charge in [0.2, 0.25) is 5.91 Å². The molecule has 1 aliphatic rings. The highest BCUT2D eigenvalue weighted by Crippen LogP contribution is 2.22. The first kappa shape index (κ1) is 18.3. The fourth-order valence-corrected chi connectivity index (χ4v) is 3.17. The summed E-state index contributed by atoms with van der Waals surface area (Å²) in [7, 11) is 1.67. The van der Waals surface area contributed by atoms with Crippen molar-refractivity contribution in [1.82, 2.24) is 4.90 Å². The van der Waals surface area contributed by atoms with Crippen LogP contribution in [0.25, 0.3) is 6.08 Å². The van der Waals surface area contributed by atoms with Gasteiger partial charge in [-0.3, -0.25) is 4.79 Å². The fourth-order valence-electron chi connectivity index (χ4n) is 2.98. The fraction of sp³-hybridized carbons (Fsp3) is 0.286. The molecule has 0 radical (unpaired) electrons. The second-order valence-corrected chi connectivity index (χ2v) is 6.76. The number of methoxy groups -OCH3 is 1. The second kappa shape index (κ2) is 8.28. The maximum Gasteiger partial charge on any atom is 0.246 e. The zero-order valence-corrected chi connectivity index (χ0v) is 15.9. The third-order valence-corrected chi connectivity index (χ3v) is 5.03. The summed E-state index contributed by atoms with van der Waals surface area (Å²) in [6.45, 7) is 4.99. The number of anilines is 1. The molecule has 1 heterocycles. The highest BCUT2D eigenvalue weighted by Gasteiger charge is 2.20. The smallest absolute Gasteiger partial charge is 0.246 e. The molecule has 1 fully saturated rings. The van der Waals surface area contributed by atoms with Crippen LogP contribution in [0.5, 0.6) is 5.75 Å². The molecule has 3 rings (SSSR count). The number of aryl methyl sites for hydroxylation is 1. The number of carbonyl (C=O) groups excluding carboxylic acids is 1. The number of halogens is 1. The molecule has 5 heteroatoms. The van der Waals surface area contributed by atoms with Crippen LogP contribution < -0.4 is 9.64 Å². The Morgan fingerprint density at radius 2 is 1.88 bits per heavy atom. The van der Waals surface area contributed by atoms with Crippen molar-refractivity contribution in [2.24, 2.45) is 0 Å². The summed E-state index contributed by atoms with van der Waals surface area (Å²) in [6.07, 6.45) is 3.45. The van der Waals surface area contributed by atoms with Crippen molar-refractivity contribution in [2.75, 3.05) is 38.2 Å². The summed E-state index contributed by atoms with van der Waals surface area (Å²) in [6, 6.07) is 13.8. The van der Waals surface area contributed by atoms with Crippen LogP contribution in [-0.2, 0) is 4.79 Å². The van der Waals surface area contributed by atoms with Crippen molar-refractivity contribution < 1.29 is 9.53 Å². The zero-order valence-electron chi connectivity index (χ0n) is 15.1. The Hall–Kier alpha value is -2.46. The van der Waals surface area contributed by atoms with Crippen LogP contribution in [0, 0.1) is 6.92 Å². The molecule has 0 unspecified atom stereocenters. The summed E-state index contributed by atoms with van der Waals surface area (Å²) in [5.41, 5.74) is 3.09. The van der Waals surface area contributed by atoms with Gasteiger partial charge in [-0.1, -0.05) is 29.8 Å². The van der Waals surface area contributed by atoms with Gasteiger partial charge in [-0.25, -0.2) is 0 Å². The molecule has 4 nitrogen and oxygen atoms in total. The quantitative estimate of drug-likeness (QED) is 0.762. The summed E-state index contributed by atoms with van der Waals surface area (Å²) in [4.78, 5) is 16.6. The summed E-state index contributed by atoms with van der Waals surface area (Å²) in [5, 5.41) is 0.714. The van der Waals surface area contributed by atoms with E-state index in [1.54, 1.807) is 13.2 Å². The van der Waals surface area contributed by atoms with Crippen molar-refractivity contribution in [3.63, 3.8) is 0 Å². The molecule has 0 aliphatic carbocycles. The van der Waals surface area contributed by atoms with E-state index in [9.17, 15) is 4.79 Å². The minimum atomic E-state index is 0.0342. The van der Waals surface area contributed by atoms with Gasteiger partial charge in [0.25, 0.3) is 0 Å². The topological polar surface area (TPSA) is 32.8 Å². The number of nitrogens with zero attached hydrogens (tertiary/aromatic N) is 2. The van der Waals surface area contributed by atoms with E-state index in [2.05, 4.69) is 11.0 Å². The molecule has 136 valence electrons. The van der Waals surface area contributed by atoms with Crippen molar-refractivity contribution in [3.8, 4) is 5.75 Å². The Morgan fingerprint density at radius 1 is 1.12 bits per heavy atom. The monoisotopic (exact) mass is 370 g/mol. The van der Waals surface area contributed by atoms with E-state index in [1.807, 2.05) is 54.3 Å². The number of carbonyl (C=O) groups is 1. The molecule has 1 amide bonds. The average Bonchev–Trinajstić information content (AvgIpc) is 2.69. The third-order valence-electron chi connectivity index (χ3n) is 4.62. The number of piperazine rings is 1. The third kappa shape index (κ3) is 4.38. The molecule has 0 aromatic heterocycles. The van der Waals surface area contributed by atoms with Crippen LogP contribution in [-0.4, -0.2) is 44.1 Å². The first-order valence-electron chi connectivity index (χ1n) is 8.69. The van der Waals surface area contributed by atoms with Gasteiger partial charge in [-0.05, 0) is 42.3 Å². The predicted octanol–water partition coefficient (Wildman–Crippen LogP) is 4.02. The zero-order chi connectivity index (χ0) is 18.5. The number of amides is 1. The van der Waals surface area contributed by atoms with Gasteiger partial charge in [-0.2, -0.15) is 0 Å². The van der Waals surface area contributed by atoms with Crippen LogP contribution in [0.1, 0.15) is 11.1 Å². The van der Waals surface area contributed by atoms with Gasteiger partial charge in [0, 0.05) is 49.0 Å². The molecule has 0 N–H and O–H groups in total. The van der Waals surface area contributed by atoms with E-state index in [4.69, 9.17) is 16.3 Å². The number of hydrogen-bond acceptors (Lipinski definition) is 3. The van der Waals surface area contributed by atoms with E-state index in [-0.39, 0.29) is 5.91 Å². The number of benzene rings is 2. The molecule has 0 atom stereocenters. The maximum atomic E-state index is 12.4. The van der Waals surface area contributed by atoms with Crippen LogP contribution >= 0.6 is 11.6 Å². The van der Waals surface area contributed by atoms with Crippen molar-refractivity contribution in [2.45, 2.75) is 6.92 Å². The Labute approximate surface area is 159 Å². The average molecular weight is 371 g/mol. The molecule has 2 aromatic carbocycles. The number of hydrogen-bond donors (Lipinski definition) is 0. The predicted molar refractivity (Wildman–Crippen MR) is 107 cm³/mol. The van der Waals surface area contributed by atoms with Crippen molar-refractivity contribution in [3.05, 3.63) is 64.7 Å². The lowest BCUT2D eigenvalue weighted by atomic mass is 10.1. The van der Waals surface area contributed by atoms with Gasteiger partial charge in [0.15, 0.2) is 0 Å². The Kier molecular flexibility index (Phi) is 5.84. The largest absolute Gasteiger partial charge is 0.497 e. The van der Waals surface area contributed by atoms with E-state index in [1.165, 1.54) is 0 Å². The van der Waals surface area contributed by atoms with Gasteiger partial charge in [0.1, 0.15) is 5.75 Å². The lowest BCUT2D eigenvalue weighted by Gasteiger charge is -2.35. The summed E-state index contributed by atoms with van der Waals surface area (Å²) < 4.78 is 5.28. The van der Waals surface area contributed by atoms with Crippen LogP contribution in [0.2, 0.25) is 5.02 Å². The van der Waals surface area contributed by atoms with Crippen molar-refractivity contribution in [1.29, 1.82) is 0 Å². The summed E-state index contributed by atoms with van der Waals surface area (Å²) >= 11 is 6.13. The molecule has 0 spiro atoms. The molecule has 1 aliphatic heterocycles. The van der Waals surface area contributed by atoms with Crippen molar-refractivity contribution >= 4 is 29.3 Å². The standard InChI is InChI=1S/C21H23ClN2O2/c1-16-6-7-17(14-20(16)22)8-9-21(25)24-12-10-23(11-13-24)18-4-3-5-19(15-18)26-2/h3-9,14-15H,10-13H2,1-2H3/b9-8+. The second-order valence-electron chi connectivity index (χ2n) is 6.36. The van der Waals surface area contributed by atoms with Gasteiger partial charge < -0.3 is 14.5 Å². The van der Waals surface area contributed by atoms with Gasteiger partial charge >= 0.3 is 0 Å². The van der Waals surface area contributed by atoms with Crippen LogP contribution in [0.4, 0.5) is 5.69 Å². The van der Waals surface area contributed by atoms with E-state index in [0.717, 1.165) is 35.7 Å². The SMILES string of the molecule is COc1cccc(N2CCN(C(=O)/C=C/c3ccc(C)c(Cl)c3)CC2)c1. The maximum absolute atomic E-state index is 12.4. The Bertz CT molecular complexity index is 811. The molecule has 0 bridgehead atoms. The molecular formula is C21H23ClN2O2. The highest BCUT2D eigenvalue weighted by atomic mass is 35.5. The summed E-state index contributed by atoms with van der Waals surface area (Å²) in [5.74, 6) is 0.882. The van der Waals surface area contributed by atoms with Gasteiger partial charge in [-0.15, -0.1) is 0 Å². The Balaban J connectivity index is 1.57. The number of ether oxygens (including phenoxy) is 1. The lowest BCUT2D eigenvalue weighted by Crippen LogP contribution is -2.48. The van der Waals surface area contributed by atoms with E-state index in [0.29, 0.717) is 18.1 Å². The molecule has 0 saturated carbocycles. The minimum absolute atomic E-state index is 0.0342. The van der Waals surface area contributed by atoms with Crippen LogP contribution in [0.15, 0.2) is 48.5 Å². The molecule has 26 heavy (non-hydrogen) atoms. The highest BCUT2D eigenvalue weighted by molar-refractivity contribution is 6.31. The molecule has 1 saturated heterocycles. The normalized spacial score (nSPS) is 14.7. The van der Waals surface area contributed by atoms with E-state index < -0.39 is 0 Å². The molecule has 2 aromatic rings. The molecular weight excluding hydrogens is 348 g/mol. The minimum Gasteiger partial charge on any atom is -0.497 e. The Morgan fingerprint density at radius 3 is 2.58 bits per heavy atom. The van der Waals surface area contributed by atoms with E-state index >= 15 is 0 Å². The number of rotatable bonds is 4.